The minimum Gasteiger partial charge on any atom is -0.305 e. The summed E-state index contributed by atoms with van der Waals surface area (Å²) in [4.78, 5) is 12.0. The largest absolute Gasteiger partial charge is 0.433 e. The number of aromatic nitrogens is 4. The number of hydrogen-bond donors (Lipinski definition) is 2. The smallest absolute Gasteiger partial charge is 0.305 e. The molecule has 0 aromatic carbocycles. The molecule has 108 valence electrons. The first kappa shape index (κ1) is 14.1. The van der Waals surface area contributed by atoms with Crippen molar-refractivity contribution in [3.8, 4) is 0 Å². The van der Waals surface area contributed by atoms with Crippen LogP contribution in [0.3, 0.4) is 0 Å². The number of anilines is 1. The summed E-state index contributed by atoms with van der Waals surface area (Å²) in [5, 5.41) is 11.6. The predicted octanol–water partition coefficient (Wildman–Crippen LogP) is 2.03. The van der Waals surface area contributed by atoms with Crippen LogP contribution < -0.4 is 5.32 Å². The molecule has 0 aliphatic heterocycles. The highest BCUT2D eigenvalue weighted by Crippen LogP contribution is 2.32. The van der Waals surface area contributed by atoms with Gasteiger partial charge in [-0.15, -0.1) is 0 Å². The second-order valence-corrected chi connectivity index (χ2v) is 4.29. The number of carbonyl (C=O) groups is 1. The standard InChI is InChI=1S/C11H12F3N5O/c1-5-8(11(12,13)14)17-18-9(5)16-10(20)7-4-15-19(3)6(7)2/h4H,1-3H3,(H2,16,17,18,20). The van der Waals surface area contributed by atoms with Gasteiger partial charge in [-0.2, -0.15) is 23.4 Å². The van der Waals surface area contributed by atoms with Gasteiger partial charge in [0.2, 0.25) is 0 Å². The molecular weight excluding hydrogens is 275 g/mol. The fourth-order valence-corrected chi connectivity index (χ4v) is 1.69. The Kier molecular flexibility index (Phi) is 3.28. The number of rotatable bonds is 2. The van der Waals surface area contributed by atoms with Crippen LogP contribution in [0.1, 0.15) is 27.3 Å². The van der Waals surface area contributed by atoms with Crippen molar-refractivity contribution >= 4 is 11.7 Å². The fraction of sp³-hybridized carbons (Fsp3) is 0.364. The van der Waals surface area contributed by atoms with E-state index in [0.717, 1.165) is 0 Å². The molecule has 2 aromatic heterocycles. The first-order valence-corrected chi connectivity index (χ1v) is 5.64. The molecule has 0 atom stereocenters. The molecule has 6 nitrogen and oxygen atoms in total. The molecule has 20 heavy (non-hydrogen) atoms. The summed E-state index contributed by atoms with van der Waals surface area (Å²) in [7, 11) is 1.66. The Morgan fingerprint density at radius 3 is 2.50 bits per heavy atom. The molecule has 1 amide bonds. The molecule has 0 saturated heterocycles. The first-order valence-electron chi connectivity index (χ1n) is 5.64. The lowest BCUT2D eigenvalue weighted by molar-refractivity contribution is -0.141. The van der Waals surface area contributed by atoms with Gasteiger partial charge in [-0.25, -0.2) is 0 Å². The van der Waals surface area contributed by atoms with Crippen LogP contribution in [0.5, 0.6) is 0 Å². The minimum atomic E-state index is -4.54. The maximum absolute atomic E-state index is 12.6. The van der Waals surface area contributed by atoms with Gasteiger partial charge in [0.05, 0.1) is 11.8 Å². The SMILES string of the molecule is Cc1c(NC(=O)c2cnn(C)c2C)n[nH]c1C(F)(F)F. The van der Waals surface area contributed by atoms with Crippen LogP contribution in [0.4, 0.5) is 19.0 Å². The van der Waals surface area contributed by atoms with E-state index in [-0.39, 0.29) is 16.9 Å². The van der Waals surface area contributed by atoms with Gasteiger partial charge in [-0.3, -0.25) is 14.6 Å². The number of H-pyrrole nitrogens is 1. The number of nitrogens with zero attached hydrogens (tertiary/aromatic N) is 3. The van der Waals surface area contributed by atoms with Crippen LogP contribution in [0.15, 0.2) is 6.20 Å². The van der Waals surface area contributed by atoms with Gasteiger partial charge in [0, 0.05) is 18.3 Å². The predicted molar refractivity (Wildman–Crippen MR) is 64.2 cm³/mol. The zero-order valence-electron chi connectivity index (χ0n) is 11.0. The fourth-order valence-electron chi connectivity index (χ4n) is 1.69. The third-order valence-corrected chi connectivity index (χ3v) is 3.00. The molecule has 2 aromatic rings. The molecule has 2 N–H and O–H groups in total. The molecule has 0 saturated carbocycles. The van der Waals surface area contributed by atoms with Gasteiger partial charge in [-0.05, 0) is 13.8 Å². The summed E-state index contributed by atoms with van der Waals surface area (Å²) in [6.07, 6.45) is -3.19. The van der Waals surface area contributed by atoms with E-state index in [1.165, 1.54) is 17.8 Å². The third kappa shape index (κ3) is 2.38. The van der Waals surface area contributed by atoms with Crippen LogP contribution in [-0.2, 0) is 13.2 Å². The van der Waals surface area contributed by atoms with E-state index in [1.807, 2.05) is 5.10 Å². The van der Waals surface area contributed by atoms with E-state index in [0.29, 0.717) is 5.69 Å². The summed E-state index contributed by atoms with van der Waals surface area (Å²) < 4.78 is 39.3. The van der Waals surface area contributed by atoms with Gasteiger partial charge < -0.3 is 5.32 Å². The van der Waals surface area contributed by atoms with E-state index in [4.69, 9.17) is 0 Å². The number of aryl methyl sites for hydroxylation is 1. The molecule has 9 heteroatoms. The van der Waals surface area contributed by atoms with Crippen molar-refractivity contribution in [3.05, 3.63) is 28.7 Å². The minimum absolute atomic E-state index is 0.148. The number of carbonyl (C=O) groups excluding carboxylic acids is 1. The lowest BCUT2D eigenvalue weighted by Gasteiger charge is -2.05. The van der Waals surface area contributed by atoms with Crippen molar-refractivity contribution in [2.45, 2.75) is 20.0 Å². The summed E-state index contributed by atoms with van der Waals surface area (Å²) in [6, 6.07) is 0. The van der Waals surface area contributed by atoms with Gasteiger partial charge in [0.25, 0.3) is 5.91 Å². The topological polar surface area (TPSA) is 75.6 Å². The van der Waals surface area contributed by atoms with Crippen LogP contribution in [0, 0.1) is 13.8 Å². The van der Waals surface area contributed by atoms with Crippen molar-refractivity contribution in [2.75, 3.05) is 5.32 Å². The summed E-state index contributed by atoms with van der Waals surface area (Å²) in [5.41, 5.74) is -0.252. The van der Waals surface area contributed by atoms with E-state index in [9.17, 15) is 18.0 Å². The van der Waals surface area contributed by atoms with Crippen LogP contribution in [0.25, 0.3) is 0 Å². The van der Waals surface area contributed by atoms with E-state index in [1.54, 1.807) is 14.0 Å². The molecule has 0 aliphatic carbocycles. The molecule has 0 radical (unpaired) electrons. The highest BCUT2D eigenvalue weighted by Gasteiger charge is 2.36. The Bertz CT molecular complexity index is 656. The lowest BCUT2D eigenvalue weighted by Crippen LogP contribution is -2.14. The molecule has 2 rings (SSSR count). The van der Waals surface area contributed by atoms with Gasteiger partial charge in [-0.1, -0.05) is 0 Å². The van der Waals surface area contributed by atoms with Crippen LogP contribution in [0.2, 0.25) is 0 Å². The van der Waals surface area contributed by atoms with E-state index in [2.05, 4.69) is 15.5 Å². The van der Waals surface area contributed by atoms with Crippen LogP contribution in [-0.4, -0.2) is 25.9 Å². The Morgan fingerprint density at radius 2 is 2.05 bits per heavy atom. The summed E-state index contributed by atoms with van der Waals surface area (Å²) in [6.45, 7) is 2.92. The Balaban J connectivity index is 2.25. The van der Waals surface area contributed by atoms with Crippen molar-refractivity contribution in [1.29, 1.82) is 0 Å². The van der Waals surface area contributed by atoms with Gasteiger partial charge in [0.1, 0.15) is 5.69 Å². The number of nitrogens with one attached hydrogen (secondary N) is 2. The number of aromatic amines is 1. The van der Waals surface area contributed by atoms with E-state index < -0.39 is 17.8 Å². The average Bonchev–Trinajstić information content (AvgIpc) is 2.84. The lowest BCUT2D eigenvalue weighted by atomic mass is 10.2. The zero-order valence-corrected chi connectivity index (χ0v) is 11.0. The number of halogens is 3. The van der Waals surface area contributed by atoms with Gasteiger partial charge in [0.15, 0.2) is 5.82 Å². The highest BCUT2D eigenvalue weighted by molar-refractivity contribution is 6.04. The molecule has 0 spiro atoms. The van der Waals surface area contributed by atoms with Crippen molar-refractivity contribution in [3.63, 3.8) is 0 Å². The monoisotopic (exact) mass is 287 g/mol. The highest BCUT2D eigenvalue weighted by atomic mass is 19.4. The van der Waals surface area contributed by atoms with Crippen molar-refractivity contribution in [2.24, 2.45) is 7.05 Å². The van der Waals surface area contributed by atoms with Crippen molar-refractivity contribution in [1.82, 2.24) is 20.0 Å². The quantitative estimate of drug-likeness (QED) is 0.887. The third-order valence-electron chi connectivity index (χ3n) is 3.00. The number of alkyl halides is 3. The summed E-state index contributed by atoms with van der Waals surface area (Å²) in [5.74, 6) is -0.704. The van der Waals surface area contributed by atoms with Crippen molar-refractivity contribution < 1.29 is 18.0 Å². The Hall–Kier alpha value is -2.32. The molecular formula is C11H12F3N5O. The molecule has 0 fully saturated rings. The Morgan fingerprint density at radius 1 is 1.40 bits per heavy atom. The molecule has 0 aliphatic rings. The molecule has 2 heterocycles. The second kappa shape index (κ2) is 4.66. The first-order chi connectivity index (χ1) is 9.21. The average molecular weight is 287 g/mol. The maximum Gasteiger partial charge on any atom is 0.433 e. The number of amides is 1. The van der Waals surface area contributed by atoms with E-state index >= 15 is 0 Å². The molecule has 0 bridgehead atoms. The normalized spacial score (nSPS) is 11.7. The maximum atomic E-state index is 12.6. The van der Waals surface area contributed by atoms with Crippen LogP contribution >= 0.6 is 0 Å². The second-order valence-electron chi connectivity index (χ2n) is 4.29. The zero-order chi connectivity index (χ0) is 15.1. The molecule has 0 unspecified atom stereocenters. The Labute approximate surface area is 112 Å². The number of hydrogen-bond acceptors (Lipinski definition) is 3. The van der Waals surface area contributed by atoms with Gasteiger partial charge >= 0.3 is 6.18 Å². The summed E-state index contributed by atoms with van der Waals surface area (Å²) >= 11 is 0.